The number of piperidine rings is 1. The number of amides is 3. The summed E-state index contributed by atoms with van der Waals surface area (Å²) >= 11 is 1.53. The van der Waals surface area contributed by atoms with E-state index in [9.17, 15) is 9.59 Å². The number of aromatic nitrogens is 1. The minimum Gasteiger partial charge on any atom is -0.465 e. The first-order valence-corrected chi connectivity index (χ1v) is 12.5. The van der Waals surface area contributed by atoms with Crippen LogP contribution in [0.2, 0.25) is 0 Å². The molecule has 3 amide bonds. The van der Waals surface area contributed by atoms with Crippen molar-refractivity contribution in [3.05, 3.63) is 51.4 Å². The summed E-state index contributed by atoms with van der Waals surface area (Å²) in [5.74, 6) is 1.66. The van der Waals surface area contributed by atoms with Gasteiger partial charge in [-0.15, -0.1) is 11.3 Å². The minimum absolute atomic E-state index is 0.0345. The number of urea groups is 1. The molecule has 2 aromatic heterocycles. The van der Waals surface area contributed by atoms with E-state index in [-0.39, 0.29) is 11.9 Å². The highest BCUT2D eigenvalue weighted by Gasteiger charge is 2.26. The normalized spacial score (nSPS) is 17.2. The molecule has 2 aromatic rings. The first kappa shape index (κ1) is 22.6. The zero-order chi connectivity index (χ0) is 22.3. The summed E-state index contributed by atoms with van der Waals surface area (Å²) in [5.41, 5.74) is 1.93. The van der Waals surface area contributed by atoms with Gasteiger partial charge < -0.3 is 20.0 Å². The lowest BCUT2D eigenvalue weighted by atomic mass is 9.97. The van der Waals surface area contributed by atoms with Crippen molar-refractivity contribution in [3.63, 3.8) is 0 Å². The van der Waals surface area contributed by atoms with Crippen LogP contribution in [0, 0.1) is 6.92 Å². The van der Waals surface area contributed by atoms with Crippen molar-refractivity contribution in [3.8, 4) is 0 Å². The van der Waals surface area contributed by atoms with Crippen LogP contribution in [0.3, 0.4) is 0 Å². The molecule has 4 rings (SSSR count). The largest absolute Gasteiger partial charge is 0.465 e. The maximum atomic E-state index is 12.5. The van der Waals surface area contributed by atoms with Crippen molar-refractivity contribution in [2.45, 2.75) is 64.3 Å². The number of allylic oxidation sites excluding steroid dienone is 1. The fraction of sp³-hybridized carbons (Fsp3) is 0.542. The second kappa shape index (κ2) is 10.8. The van der Waals surface area contributed by atoms with E-state index in [0.717, 1.165) is 48.9 Å². The van der Waals surface area contributed by atoms with Gasteiger partial charge in [0.25, 0.3) is 5.91 Å². The van der Waals surface area contributed by atoms with Crippen LogP contribution in [0.5, 0.6) is 0 Å². The molecule has 3 heterocycles. The molecule has 8 heteroatoms. The molecule has 0 aromatic carbocycles. The second-order valence-electron chi connectivity index (χ2n) is 8.62. The van der Waals surface area contributed by atoms with Gasteiger partial charge in [-0.2, -0.15) is 0 Å². The molecule has 172 valence electrons. The highest BCUT2D eigenvalue weighted by Crippen LogP contribution is 2.30. The van der Waals surface area contributed by atoms with Crippen LogP contribution in [0.25, 0.3) is 0 Å². The zero-order valence-electron chi connectivity index (χ0n) is 18.7. The van der Waals surface area contributed by atoms with Crippen LogP contribution >= 0.6 is 11.3 Å². The van der Waals surface area contributed by atoms with Crippen molar-refractivity contribution in [2.24, 2.45) is 0 Å². The predicted octanol–water partition coefficient (Wildman–Crippen LogP) is 4.75. The summed E-state index contributed by atoms with van der Waals surface area (Å²) in [6.45, 7) is 4.38. The number of nitrogens with zero attached hydrogens (tertiary/aromatic N) is 2. The van der Waals surface area contributed by atoms with Crippen molar-refractivity contribution < 1.29 is 14.0 Å². The van der Waals surface area contributed by atoms with E-state index in [4.69, 9.17) is 4.42 Å². The van der Waals surface area contributed by atoms with E-state index in [1.54, 1.807) is 0 Å². The number of hydrogen-bond acceptors (Lipinski definition) is 5. The smallest absolute Gasteiger partial charge is 0.317 e. The lowest BCUT2D eigenvalue weighted by molar-refractivity contribution is 0.0943. The topological polar surface area (TPSA) is 87.5 Å². The molecule has 1 aliphatic heterocycles. The van der Waals surface area contributed by atoms with Gasteiger partial charge >= 0.3 is 6.03 Å². The number of rotatable bonds is 7. The Hall–Kier alpha value is -2.61. The zero-order valence-corrected chi connectivity index (χ0v) is 19.5. The van der Waals surface area contributed by atoms with Crippen LogP contribution in [-0.2, 0) is 6.54 Å². The first-order valence-electron chi connectivity index (χ1n) is 11.6. The fourth-order valence-electron chi connectivity index (χ4n) is 4.32. The number of furan rings is 1. The van der Waals surface area contributed by atoms with Gasteiger partial charge in [0.1, 0.15) is 17.2 Å². The van der Waals surface area contributed by atoms with Gasteiger partial charge in [-0.05, 0) is 64.0 Å². The van der Waals surface area contributed by atoms with Gasteiger partial charge in [-0.1, -0.05) is 11.6 Å². The quantitative estimate of drug-likeness (QED) is 0.589. The molecule has 2 aliphatic rings. The molecule has 0 bridgehead atoms. The summed E-state index contributed by atoms with van der Waals surface area (Å²) in [7, 11) is 0. The van der Waals surface area contributed by atoms with Crippen molar-refractivity contribution in [1.82, 2.24) is 20.5 Å². The lowest BCUT2D eigenvalue weighted by Crippen LogP contribution is -2.44. The highest BCUT2D eigenvalue weighted by atomic mass is 32.1. The summed E-state index contributed by atoms with van der Waals surface area (Å²) in [6, 6.07) is 3.77. The summed E-state index contributed by atoms with van der Waals surface area (Å²) in [6.07, 6.45) is 9.97. The van der Waals surface area contributed by atoms with Gasteiger partial charge in [0.2, 0.25) is 0 Å². The Morgan fingerprint density at radius 2 is 2.06 bits per heavy atom. The number of thiazole rings is 1. The summed E-state index contributed by atoms with van der Waals surface area (Å²) in [4.78, 5) is 31.4. The van der Waals surface area contributed by atoms with E-state index in [2.05, 4.69) is 21.7 Å². The molecule has 1 aliphatic carbocycles. The monoisotopic (exact) mass is 456 g/mol. The molecule has 0 radical (unpaired) electrons. The van der Waals surface area contributed by atoms with Crippen LogP contribution < -0.4 is 10.6 Å². The Morgan fingerprint density at radius 1 is 1.22 bits per heavy atom. The molecule has 2 N–H and O–H groups in total. The Kier molecular flexibility index (Phi) is 7.63. The van der Waals surface area contributed by atoms with Gasteiger partial charge in [-0.3, -0.25) is 4.79 Å². The second-order valence-corrected chi connectivity index (χ2v) is 9.51. The van der Waals surface area contributed by atoms with Crippen LogP contribution in [0.15, 0.2) is 33.6 Å². The molecule has 1 saturated heterocycles. The Balaban J connectivity index is 1.19. The number of carbonyl (C=O) groups excluding carboxylic acids is 2. The van der Waals surface area contributed by atoms with Gasteiger partial charge in [0, 0.05) is 30.9 Å². The number of hydrogen-bond donors (Lipinski definition) is 2. The van der Waals surface area contributed by atoms with E-state index in [1.807, 2.05) is 29.3 Å². The van der Waals surface area contributed by atoms with Crippen LogP contribution in [0.4, 0.5) is 4.79 Å². The average Bonchev–Trinajstić information content (AvgIpc) is 3.48. The fourth-order valence-corrected chi connectivity index (χ4v) is 5.29. The van der Waals surface area contributed by atoms with Crippen LogP contribution in [0.1, 0.15) is 77.9 Å². The molecule has 7 nitrogen and oxygen atoms in total. The molecular formula is C24H32N4O3S. The Morgan fingerprint density at radius 3 is 2.78 bits per heavy atom. The van der Waals surface area contributed by atoms with Crippen LogP contribution in [-0.4, -0.2) is 41.5 Å². The Labute approximate surface area is 193 Å². The van der Waals surface area contributed by atoms with Crippen molar-refractivity contribution >= 4 is 23.3 Å². The maximum Gasteiger partial charge on any atom is 0.317 e. The minimum atomic E-state index is -0.188. The first-order chi connectivity index (χ1) is 15.6. The van der Waals surface area contributed by atoms with Gasteiger partial charge in [-0.25, -0.2) is 9.78 Å². The highest BCUT2D eigenvalue weighted by molar-refractivity contribution is 7.09. The standard InChI is InChI=1S/C24H32N4O3S/c1-17-7-8-20(31-17)15-26-22(29)21-16-32-23(27-21)19-10-13-28(14-11-19)24(30)25-12-9-18-5-3-2-4-6-18/h5,7-8,16,19H,2-4,6,9-15H2,1H3,(H,25,30)(H,26,29). The number of aryl methyl sites for hydroxylation is 1. The molecule has 0 saturated carbocycles. The SMILES string of the molecule is Cc1ccc(CNC(=O)c2csc(C3CCN(C(=O)NCCC4=CCCCC4)CC3)n2)o1. The lowest BCUT2D eigenvalue weighted by Gasteiger charge is -2.31. The number of nitrogens with one attached hydrogen (secondary N) is 2. The van der Waals surface area contributed by atoms with E-state index in [0.29, 0.717) is 24.7 Å². The van der Waals surface area contributed by atoms with Crippen molar-refractivity contribution in [2.75, 3.05) is 19.6 Å². The Bertz CT molecular complexity index is 956. The van der Waals surface area contributed by atoms with E-state index in [1.165, 1.54) is 42.6 Å². The molecule has 1 fully saturated rings. The average molecular weight is 457 g/mol. The number of likely N-dealkylation sites (tertiary alicyclic amines) is 1. The number of carbonyl (C=O) groups is 2. The van der Waals surface area contributed by atoms with Crippen molar-refractivity contribution in [1.29, 1.82) is 0 Å². The molecule has 0 unspecified atom stereocenters. The maximum absolute atomic E-state index is 12.5. The summed E-state index contributed by atoms with van der Waals surface area (Å²) < 4.78 is 5.48. The predicted molar refractivity (Wildman–Crippen MR) is 125 cm³/mol. The third kappa shape index (κ3) is 6.00. The molecule has 0 atom stereocenters. The molecule has 32 heavy (non-hydrogen) atoms. The van der Waals surface area contributed by atoms with Gasteiger partial charge in [0.15, 0.2) is 0 Å². The third-order valence-electron chi connectivity index (χ3n) is 6.21. The van der Waals surface area contributed by atoms with E-state index < -0.39 is 0 Å². The molecular weight excluding hydrogens is 424 g/mol. The summed E-state index contributed by atoms with van der Waals surface area (Å²) in [5, 5.41) is 8.73. The van der Waals surface area contributed by atoms with E-state index >= 15 is 0 Å². The van der Waals surface area contributed by atoms with Gasteiger partial charge in [0.05, 0.1) is 11.6 Å². The third-order valence-corrected chi connectivity index (χ3v) is 7.22. The molecule has 0 spiro atoms.